The number of thiophene rings is 1. The lowest BCUT2D eigenvalue weighted by molar-refractivity contribution is 0.104. The van der Waals surface area contributed by atoms with Crippen LogP contribution in [0, 0.1) is 18.6 Å². The Hall–Kier alpha value is -2.07. The molecule has 2 aromatic carbocycles. The molecule has 1 nitrogen and oxygen atoms in total. The summed E-state index contributed by atoms with van der Waals surface area (Å²) in [6.45, 7) is 1.64. The van der Waals surface area contributed by atoms with Gasteiger partial charge in [0.05, 0.1) is 4.88 Å². The number of benzene rings is 2. The summed E-state index contributed by atoms with van der Waals surface area (Å²) in [5, 5.41) is 0.812. The van der Waals surface area contributed by atoms with Crippen molar-refractivity contribution in [2.45, 2.75) is 6.92 Å². The number of carbonyl (C=O) groups excluding carboxylic acids is 1. The van der Waals surface area contributed by atoms with Crippen LogP contribution in [0.25, 0.3) is 10.1 Å². The second-order valence-electron chi connectivity index (χ2n) is 4.59. The van der Waals surface area contributed by atoms with Gasteiger partial charge in [-0.05, 0) is 42.1 Å². The zero-order chi connectivity index (χ0) is 14.3. The van der Waals surface area contributed by atoms with Crippen LogP contribution in [0.4, 0.5) is 8.78 Å². The average molecular weight is 288 g/mol. The Morgan fingerprint density at radius 1 is 1.05 bits per heavy atom. The smallest absolute Gasteiger partial charge is 0.203 e. The summed E-state index contributed by atoms with van der Waals surface area (Å²) in [6.07, 6.45) is 0. The maximum Gasteiger partial charge on any atom is 0.203 e. The largest absolute Gasteiger partial charge is 0.288 e. The third kappa shape index (κ3) is 2.23. The Labute approximate surface area is 118 Å². The molecule has 0 saturated carbocycles. The fourth-order valence-electron chi connectivity index (χ4n) is 1.99. The van der Waals surface area contributed by atoms with Crippen molar-refractivity contribution in [3.8, 4) is 0 Å². The second-order valence-corrected chi connectivity index (χ2v) is 5.67. The lowest BCUT2D eigenvalue weighted by Gasteiger charge is -2.00. The van der Waals surface area contributed by atoms with Gasteiger partial charge in [0, 0.05) is 10.3 Å². The third-order valence-electron chi connectivity index (χ3n) is 3.14. The van der Waals surface area contributed by atoms with E-state index in [9.17, 15) is 13.6 Å². The van der Waals surface area contributed by atoms with Crippen LogP contribution < -0.4 is 0 Å². The molecule has 0 aliphatic heterocycles. The molecule has 0 spiro atoms. The number of fused-ring (bicyclic) bond motifs is 1. The fraction of sp³-hybridized carbons (Fsp3) is 0.0625. The number of aryl methyl sites for hydroxylation is 1. The van der Waals surface area contributed by atoms with Crippen molar-refractivity contribution in [2.75, 3.05) is 0 Å². The molecular formula is C16H10F2OS. The fourth-order valence-corrected chi connectivity index (χ4v) is 3.04. The summed E-state index contributed by atoms with van der Waals surface area (Å²) >= 11 is 1.21. The number of carbonyl (C=O) groups is 1. The standard InChI is InChI=1S/C16H10F2OS/c1-9-2-3-11(6-13(9)18)16(19)15-7-10-4-5-12(17)8-14(10)20-15/h2-8H,1H3. The molecule has 20 heavy (non-hydrogen) atoms. The third-order valence-corrected chi connectivity index (χ3v) is 4.24. The average Bonchev–Trinajstić information content (AvgIpc) is 2.84. The molecule has 0 aliphatic rings. The van der Waals surface area contributed by atoms with Gasteiger partial charge in [-0.3, -0.25) is 4.79 Å². The van der Waals surface area contributed by atoms with Gasteiger partial charge >= 0.3 is 0 Å². The predicted molar refractivity (Wildman–Crippen MR) is 76.4 cm³/mol. The van der Waals surface area contributed by atoms with E-state index in [4.69, 9.17) is 0 Å². The van der Waals surface area contributed by atoms with Crippen molar-refractivity contribution >= 4 is 27.2 Å². The van der Waals surface area contributed by atoms with Gasteiger partial charge in [-0.2, -0.15) is 0 Å². The summed E-state index contributed by atoms with van der Waals surface area (Å²) < 4.78 is 27.4. The van der Waals surface area contributed by atoms with E-state index in [2.05, 4.69) is 0 Å². The molecule has 1 aromatic heterocycles. The molecule has 0 fully saturated rings. The molecule has 0 atom stereocenters. The van der Waals surface area contributed by atoms with Gasteiger partial charge in [0.25, 0.3) is 0 Å². The Morgan fingerprint density at radius 3 is 2.60 bits per heavy atom. The Kier molecular flexibility index (Phi) is 3.10. The van der Waals surface area contributed by atoms with Crippen molar-refractivity contribution in [3.05, 3.63) is 70.1 Å². The molecule has 0 bridgehead atoms. The SMILES string of the molecule is Cc1ccc(C(=O)c2cc3ccc(F)cc3s2)cc1F. The molecule has 4 heteroatoms. The van der Waals surface area contributed by atoms with Crippen LogP contribution in [0.3, 0.4) is 0 Å². The van der Waals surface area contributed by atoms with Gasteiger partial charge in [-0.15, -0.1) is 11.3 Å². The van der Waals surface area contributed by atoms with E-state index in [-0.39, 0.29) is 11.6 Å². The minimum absolute atomic E-state index is 0.245. The molecule has 0 aliphatic carbocycles. The van der Waals surface area contributed by atoms with Crippen LogP contribution >= 0.6 is 11.3 Å². The highest BCUT2D eigenvalue weighted by molar-refractivity contribution is 7.21. The van der Waals surface area contributed by atoms with Gasteiger partial charge in [0.2, 0.25) is 5.78 Å². The molecule has 0 radical (unpaired) electrons. The number of rotatable bonds is 2. The molecule has 3 aromatic rings. The zero-order valence-corrected chi connectivity index (χ0v) is 11.4. The van der Waals surface area contributed by atoms with Crippen LogP contribution in [0.2, 0.25) is 0 Å². The summed E-state index contributed by atoms with van der Waals surface area (Å²) in [5.74, 6) is -0.978. The number of halogens is 2. The first-order valence-electron chi connectivity index (χ1n) is 6.04. The topological polar surface area (TPSA) is 17.1 Å². The van der Waals surface area contributed by atoms with Crippen molar-refractivity contribution in [1.29, 1.82) is 0 Å². The minimum atomic E-state index is -0.400. The summed E-state index contributed by atoms with van der Waals surface area (Å²) in [6, 6.07) is 10.5. The first-order chi connectivity index (χ1) is 9.54. The quantitative estimate of drug-likeness (QED) is 0.624. The zero-order valence-electron chi connectivity index (χ0n) is 10.6. The summed E-state index contributed by atoms with van der Waals surface area (Å²) in [4.78, 5) is 12.8. The summed E-state index contributed by atoms with van der Waals surface area (Å²) in [5.41, 5.74) is 0.806. The van der Waals surface area contributed by atoms with Gasteiger partial charge in [0.15, 0.2) is 0 Å². The maximum absolute atomic E-state index is 13.5. The van der Waals surface area contributed by atoms with E-state index in [1.807, 2.05) is 0 Å². The van der Waals surface area contributed by atoms with Crippen molar-refractivity contribution in [3.63, 3.8) is 0 Å². The molecule has 1 heterocycles. The first kappa shape index (κ1) is 12.9. The van der Waals surface area contributed by atoms with Crippen LogP contribution in [-0.4, -0.2) is 5.78 Å². The lowest BCUT2D eigenvalue weighted by atomic mass is 10.1. The van der Waals surface area contributed by atoms with E-state index in [0.717, 1.165) is 5.39 Å². The Morgan fingerprint density at radius 2 is 1.85 bits per heavy atom. The first-order valence-corrected chi connectivity index (χ1v) is 6.86. The van der Waals surface area contributed by atoms with Crippen LogP contribution in [0.1, 0.15) is 20.8 Å². The minimum Gasteiger partial charge on any atom is -0.288 e. The highest BCUT2D eigenvalue weighted by atomic mass is 32.1. The molecule has 0 amide bonds. The summed E-state index contributed by atoms with van der Waals surface area (Å²) in [7, 11) is 0. The van der Waals surface area contributed by atoms with E-state index in [1.54, 1.807) is 31.2 Å². The van der Waals surface area contributed by atoms with Gasteiger partial charge in [-0.1, -0.05) is 18.2 Å². The van der Waals surface area contributed by atoms with Crippen molar-refractivity contribution < 1.29 is 13.6 Å². The normalized spacial score (nSPS) is 10.9. The number of ketones is 1. The highest BCUT2D eigenvalue weighted by Crippen LogP contribution is 2.28. The maximum atomic E-state index is 13.5. The van der Waals surface area contributed by atoms with E-state index in [1.165, 1.54) is 29.5 Å². The molecule has 0 N–H and O–H groups in total. The molecule has 0 saturated heterocycles. The second kappa shape index (κ2) is 4.80. The monoisotopic (exact) mass is 288 g/mol. The van der Waals surface area contributed by atoms with E-state index in [0.29, 0.717) is 20.7 Å². The van der Waals surface area contributed by atoms with Crippen LogP contribution in [0.15, 0.2) is 42.5 Å². The van der Waals surface area contributed by atoms with E-state index >= 15 is 0 Å². The van der Waals surface area contributed by atoms with Gasteiger partial charge in [-0.25, -0.2) is 8.78 Å². The number of hydrogen-bond acceptors (Lipinski definition) is 2. The van der Waals surface area contributed by atoms with Crippen LogP contribution in [-0.2, 0) is 0 Å². The Bertz CT molecular complexity index is 820. The van der Waals surface area contributed by atoms with Crippen molar-refractivity contribution in [2.24, 2.45) is 0 Å². The van der Waals surface area contributed by atoms with Gasteiger partial charge in [0.1, 0.15) is 11.6 Å². The highest BCUT2D eigenvalue weighted by Gasteiger charge is 2.14. The molecular weight excluding hydrogens is 278 g/mol. The molecule has 3 rings (SSSR count). The lowest BCUT2D eigenvalue weighted by Crippen LogP contribution is -1.99. The Balaban J connectivity index is 2.05. The molecule has 0 unspecified atom stereocenters. The van der Waals surface area contributed by atoms with Crippen LogP contribution in [0.5, 0.6) is 0 Å². The predicted octanol–water partition coefficient (Wildman–Crippen LogP) is 4.72. The number of hydrogen-bond donors (Lipinski definition) is 0. The molecule has 100 valence electrons. The van der Waals surface area contributed by atoms with Gasteiger partial charge < -0.3 is 0 Å². The van der Waals surface area contributed by atoms with E-state index < -0.39 is 5.82 Å². The van der Waals surface area contributed by atoms with Crippen molar-refractivity contribution in [1.82, 2.24) is 0 Å².